The molecule has 25 heavy (non-hydrogen) atoms. The summed E-state index contributed by atoms with van der Waals surface area (Å²) in [5.74, 6) is 0.0300. The van der Waals surface area contributed by atoms with Crippen LogP contribution >= 0.6 is 0 Å². The molecule has 1 atom stereocenters. The number of rotatable bonds is 6. The van der Waals surface area contributed by atoms with Crippen molar-refractivity contribution < 1.29 is 4.79 Å². The topological polar surface area (TPSA) is 57.3 Å². The lowest BCUT2D eigenvalue weighted by molar-refractivity contribution is -0.124. The molecule has 130 valence electrons. The second-order valence-electron chi connectivity index (χ2n) is 6.12. The van der Waals surface area contributed by atoms with Crippen molar-refractivity contribution in [1.82, 2.24) is 20.5 Å². The third-order valence-electron chi connectivity index (χ3n) is 4.22. The number of benzene rings is 1. The average Bonchev–Trinajstić information content (AvgIpc) is 2.68. The zero-order valence-corrected chi connectivity index (χ0v) is 14.3. The average molecular weight is 336 g/mol. The standard InChI is InChI=1S/C20H24N4O/c25-20(23-15-18-10-4-5-11-21-18)19-16-24(14-12-22-19)13-6-9-17-7-2-1-3-8-17/h1-11,19,22H,12-16H2,(H,23,25). The van der Waals surface area contributed by atoms with E-state index in [0.717, 1.165) is 25.3 Å². The maximum atomic E-state index is 12.4. The fourth-order valence-electron chi connectivity index (χ4n) is 2.86. The second kappa shape index (κ2) is 9.11. The molecule has 1 fully saturated rings. The maximum absolute atomic E-state index is 12.4. The van der Waals surface area contributed by atoms with E-state index in [9.17, 15) is 4.79 Å². The normalized spacial score (nSPS) is 18.3. The van der Waals surface area contributed by atoms with Gasteiger partial charge in [0.2, 0.25) is 5.91 Å². The van der Waals surface area contributed by atoms with Crippen LogP contribution < -0.4 is 10.6 Å². The van der Waals surface area contributed by atoms with Crippen LogP contribution in [-0.4, -0.2) is 48.0 Å². The van der Waals surface area contributed by atoms with Gasteiger partial charge in [-0.15, -0.1) is 0 Å². The molecular weight excluding hydrogens is 312 g/mol. The van der Waals surface area contributed by atoms with E-state index >= 15 is 0 Å². The quantitative estimate of drug-likeness (QED) is 0.843. The fraction of sp³-hybridized carbons (Fsp3) is 0.300. The lowest BCUT2D eigenvalue weighted by atomic mass is 10.1. The summed E-state index contributed by atoms with van der Waals surface area (Å²) in [6.07, 6.45) is 6.02. The number of amides is 1. The molecule has 1 aliphatic rings. The van der Waals surface area contributed by atoms with Gasteiger partial charge in [-0.05, 0) is 17.7 Å². The minimum absolute atomic E-state index is 0.0300. The number of nitrogens with zero attached hydrogens (tertiary/aromatic N) is 2. The highest BCUT2D eigenvalue weighted by atomic mass is 16.2. The number of carbonyl (C=O) groups excluding carboxylic acids is 1. The molecule has 0 radical (unpaired) electrons. The Labute approximate surface area is 148 Å². The van der Waals surface area contributed by atoms with Gasteiger partial charge in [0.25, 0.3) is 0 Å². The fourth-order valence-corrected chi connectivity index (χ4v) is 2.86. The number of hydrogen-bond donors (Lipinski definition) is 2. The summed E-state index contributed by atoms with van der Waals surface area (Å²) >= 11 is 0. The Bertz CT molecular complexity index is 687. The molecule has 1 aliphatic heterocycles. The molecule has 1 amide bonds. The minimum Gasteiger partial charge on any atom is -0.349 e. The molecule has 2 aromatic rings. The van der Waals surface area contributed by atoms with Gasteiger partial charge in [-0.2, -0.15) is 0 Å². The molecule has 1 saturated heterocycles. The van der Waals surface area contributed by atoms with Crippen LogP contribution in [0.3, 0.4) is 0 Å². The summed E-state index contributed by atoms with van der Waals surface area (Å²) < 4.78 is 0. The molecule has 1 aromatic carbocycles. The molecule has 3 rings (SSSR count). The van der Waals surface area contributed by atoms with E-state index in [1.807, 2.05) is 36.4 Å². The number of pyridine rings is 1. The Morgan fingerprint density at radius 1 is 1.24 bits per heavy atom. The smallest absolute Gasteiger partial charge is 0.238 e. The van der Waals surface area contributed by atoms with Crippen molar-refractivity contribution in [2.75, 3.05) is 26.2 Å². The van der Waals surface area contributed by atoms with Crippen LogP contribution in [0, 0.1) is 0 Å². The van der Waals surface area contributed by atoms with E-state index in [1.54, 1.807) is 6.20 Å². The Balaban J connectivity index is 1.45. The highest BCUT2D eigenvalue weighted by Gasteiger charge is 2.24. The Kier molecular flexibility index (Phi) is 6.31. The van der Waals surface area contributed by atoms with Crippen LogP contribution in [0.2, 0.25) is 0 Å². The van der Waals surface area contributed by atoms with E-state index < -0.39 is 0 Å². The van der Waals surface area contributed by atoms with Crippen molar-refractivity contribution in [2.45, 2.75) is 12.6 Å². The highest BCUT2D eigenvalue weighted by Crippen LogP contribution is 2.04. The Morgan fingerprint density at radius 2 is 2.08 bits per heavy atom. The first-order chi connectivity index (χ1) is 12.3. The van der Waals surface area contributed by atoms with Gasteiger partial charge in [-0.3, -0.25) is 14.7 Å². The number of nitrogens with one attached hydrogen (secondary N) is 2. The van der Waals surface area contributed by atoms with Crippen molar-refractivity contribution in [2.24, 2.45) is 0 Å². The Morgan fingerprint density at radius 3 is 2.88 bits per heavy atom. The van der Waals surface area contributed by atoms with Gasteiger partial charge in [-0.25, -0.2) is 0 Å². The first kappa shape index (κ1) is 17.3. The van der Waals surface area contributed by atoms with Crippen LogP contribution in [0.5, 0.6) is 0 Å². The summed E-state index contributed by atoms with van der Waals surface area (Å²) in [6.45, 7) is 3.80. The highest BCUT2D eigenvalue weighted by molar-refractivity contribution is 5.82. The van der Waals surface area contributed by atoms with E-state index in [1.165, 1.54) is 5.56 Å². The summed E-state index contributed by atoms with van der Waals surface area (Å²) in [4.78, 5) is 18.9. The van der Waals surface area contributed by atoms with Crippen molar-refractivity contribution >= 4 is 12.0 Å². The third kappa shape index (κ3) is 5.52. The Hall–Kier alpha value is -2.50. The van der Waals surface area contributed by atoms with E-state index in [2.05, 4.69) is 44.8 Å². The predicted molar refractivity (Wildman–Crippen MR) is 99.8 cm³/mol. The molecular formula is C20H24N4O. The number of hydrogen-bond acceptors (Lipinski definition) is 4. The van der Waals surface area contributed by atoms with Crippen LogP contribution in [0.4, 0.5) is 0 Å². The first-order valence-electron chi connectivity index (χ1n) is 8.66. The zero-order chi connectivity index (χ0) is 17.3. The van der Waals surface area contributed by atoms with Crippen LogP contribution in [-0.2, 0) is 11.3 Å². The van der Waals surface area contributed by atoms with Gasteiger partial charge in [0.15, 0.2) is 0 Å². The zero-order valence-electron chi connectivity index (χ0n) is 14.3. The molecule has 0 bridgehead atoms. The van der Waals surface area contributed by atoms with Gasteiger partial charge < -0.3 is 10.6 Å². The monoisotopic (exact) mass is 336 g/mol. The van der Waals surface area contributed by atoms with E-state index in [-0.39, 0.29) is 11.9 Å². The minimum atomic E-state index is -0.178. The molecule has 0 spiro atoms. The largest absolute Gasteiger partial charge is 0.349 e. The summed E-state index contributed by atoms with van der Waals surface area (Å²) in [7, 11) is 0. The molecule has 2 N–H and O–H groups in total. The van der Waals surface area contributed by atoms with E-state index in [4.69, 9.17) is 0 Å². The maximum Gasteiger partial charge on any atom is 0.238 e. The van der Waals surface area contributed by atoms with Gasteiger partial charge in [0.05, 0.1) is 18.3 Å². The molecule has 1 aromatic heterocycles. The molecule has 0 aliphatic carbocycles. The number of aromatic nitrogens is 1. The number of carbonyl (C=O) groups is 1. The molecule has 0 saturated carbocycles. The SMILES string of the molecule is O=C(NCc1ccccn1)C1CN(CC=Cc2ccccc2)CCN1. The van der Waals surface area contributed by atoms with Crippen molar-refractivity contribution in [3.63, 3.8) is 0 Å². The van der Waals surface area contributed by atoms with Gasteiger partial charge in [0.1, 0.15) is 0 Å². The van der Waals surface area contributed by atoms with Crippen LogP contribution in [0.25, 0.3) is 6.08 Å². The van der Waals surface area contributed by atoms with Gasteiger partial charge >= 0.3 is 0 Å². The lowest BCUT2D eigenvalue weighted by Gasteiger charge is -2.32. The number of piperazine rings is 1. The summed E-state index contributed by atoms with van der Waals surface area (Å²) in [5, 5.41) is 6.26. The van der Waals surface area contributed by atoms with E-state index in [0.29, 0.717) is 13.1 Å². The van der Waals surface area contributed by atoms with Crippen molar-refractivity contribution in [3.8, 4) is 0 Å². The van der Waals surface area contributed by atoms with Crippen LogP contribution in [0.1, 0.15) is 11.3 Å². The molecule has 1 unspecified atom stereocenters. The first-order valence-corrected chi connectivity index (χ1v) is 8.66. The summed E-state index contributed by atoms with van der Waals surface area (Å²) in [5.41, 5.74) is 2.07. The second-order valence-corrected chi connectivity index (χ2v) is 6.12. The third-order valence-corrected chi connectivity index (χ3v) is 4.22. The lowest BCUT2D eigenvalue weighted by Crippen LogP contribution is -2.56. The summed E-state index contributed by atoms with van der Waals surface area (Å²) in [6, 6.07) is 15.8. The van der Waals surface area contributed by atoms with Gasteiger partial charge in [-0.1, -0.05) is 48.6 Å². The molecule has 2 heterocycles. The predicted octanol–water partition coefficient (Wildman–Crippen LogP) is 1.68. The van der Waals surface area contributed by atoms with Crippen molar-refractivity contribution in [1.29, 1.82) is 0 Å². The molecule has 5 heteroatoms. The van der Waals surface area contributed by atoms with Gasteiger partial charge in [0, 0.05) is 32.4 Å². The van der Waals surface area contributed by atoms with Crippen LogP contribution in [0.15, 0.2) is 60.8 Å². The molecule has 5 nitrogen and oxygen atoms in total. The van der Waals surface area contributed by atoms with Crippen molar-refractivity contribution in [3.05, 3.63) is 72.1 Å².